The van der Waals surface area contributed by atoms with E-state index in [1.54, 1.807) is 0 Å². The van der Waals surface area contributed by atoms with Crippen LogP contribution in [0.4, 0.5) is 0 Å². The Kier molecular flexibility index (Phi) is 19.0. The van der Waals surface area contributed by atoms with Gasteiger partial charge in [-0.05, 0) is 71.4 Å². The molecular formula is C32H59N7O6. The number of carbonyl (C=O) groups is 6. The van der Waals surface area contributed by atoms with Crippen LogP contribution in [0, 0.1) is 11.8 Å². The Hall–Kier alpha value is -3.22. The molecule has 0 bridgehead atoms. The molecule has 0 saturated heterocycles. The van der Waals surface area contributed by atoms with Crippen molar-refractivity contribution in [2.75, 3.05) is 26.2 Å². The van der Waals surface area contributed by atoms with Crippen molar-refractivity contribution in [3.63, 3.8) is 0 Å². The Labute approximate surface area is 269 Å². The van der Waals surface area contributed by atoms with Crippen LogP contribution in [0.5, 0.6) is 0 Å². The summed E-state index contributed by atoms with van der Waals surface area (Å²) in [5, 5.41) is 13.2. The fourth-order valence-electron chi connectivity index (χ4n) is 5.55. The Morgan fingerprint density at radius 1 is 0.756 bits per heavy atom. The highest BCUT2D eigenvalue weighted by Crippen LogP contribution is 2.27. The maximum atomic E-state index is 13.7. The quantitative estimate of drug-likeness (QED) is 0.101. The lowest BCUT2D eigenvalue weighted by Gasteiger charge is -2.29. The number of hydrogen-bond acceptors (Lipinski definition) is 7. The van der Waals surface area contributed by atoms with Gasteiger partial charge in [0.05, 0.1) is 13.1 Å². The maximum Gasteiger partial charge on any atom is 0.243 e. The third-order valence-electron chi connectivity index (χ3n) is 8.13. The van der Waals surface area contributed by atoms with Crippen LogP contribution in [0.15, 0.2) is 0 Å². The minimum absolute atomic E-state index is 0.148. The predicted molar refractivity (Wildman–Crippen MR) is 174 cm³/mol. The third kappa shape index (κ3) is 17.2. The average Bonchev–Trinajstić information content (AvgIpc) is 2.97. The summed E-state index contributed by atoms with van der Waals surface area (Å²) < 4.78 is 0. The summed E-state index contributed by atoms with van der Waals surface area (Å²) >= 11 is 0. The molecule has 45 heavy (non-hydrogen) atoms. The van der Waals surface area contributed by atoms with E-state index < -0.39 is 47.7 Å². The summed E-state index contributed by atoms with van der Waals surface area (Å²) in [6, 6.07) is -2.40. The first-order valence-electron chi connectivity index (χ1n) is 16.7. The summed E-state index contributed by atoms with van der Waals surface area (Å²) in [7, 11) is 0. The zero-order valence-electron chi connectivity index (χ0n) is 28.3. The van der Waals surface area contributed by atoms with Gasteiger partial charge in [0, 0.05) is 12.5 Å². The molecule has 0 aromatic rings. The maximum absolute atomic E-state index is 13.7. The van der Waals surface area contributed by atoms with E-state index in [4.69, 9.17) is 5.73 Å². The van der Waals surface area contributed by atoms with Crippen LogP contribution in [0.1, 0.15) is 106 Å². The van der Waals surface area contributed by atoms with Gasteiger partial charge in [-0.15, -0.1) is 0 Å². The van der Waals surface area contributed by atoms with Crippen LogP contribution in [0.3, 0.4) is 0 Å². The molecule has 258 valence electrons. The van der Waals surface area contributed by atoms with Gasteiger partial charge < -0.3 is 37.2 Å². The molecule has 0 heterocycles. The first-order chi connectivity index (χ1) is 21.2. The Bertz CT molecular complexity index is 968. The van der Waals surface area contributed by atoms with Crippen molar-refractivity contribution in [2.45, 2.75) is 130 Å². The molecule has 0 aromatic carbocycles. The van der Waals surface area contributed by atoms with E-state index in [2.05, 4.69) is 52.3 Å². The number of nitrogens with one attached hydrogen (secondary N) is 5. The van der Waals surface area contributed by atoms with Crippen molar-refractivity contribution in [2.24, 2.45) is 17.6 Å². The van der Waals surface area contributed by atoms with Crippen molar-refractivity contribution < 1.29 is 28.8 Å². The molecule has 6 amide bonds. The molecule has 1 aliphatic carbocycles. The molecule has 0 radical (unpaired) electrons. The van der Waals surface area contributed by atoms with E-state index in [1.165, 1.54) is 6.92 Å². The largest absolute Gasteiger partial charge is 0.368 e. The number of carbonyl (C=O) groups excluding carboxylic acids is 6. The Morgan fingerprint density at radius 2 is 1.40 bits per heavy atom. The van der Waals surface area contributed by atoms with Gasteiger partial charge in [0.25, 0.3) is 0 Å². The number of hydrogen-bond donors (Lipinski definition) is 6. The van der Waals surface area contributed by atoms with Gasteiger partial charge in [-0.1, -0.05) is 52.9 Å². The molecule has 0 spiro atoms. The molecule has 3 atom stereocenters. The molecule has 1 fully saturated rings. The van der Waals surface area contributed by atoms with Crippen LogP contribution in [0.25, 0.3) is 0 Å². The van der Waals surface area contributed by atoms with Gasteiger partial charge >= 0.3 is 0 Å². The van der Waals surface area contributed by atoms with E-state index in [9.17, 15) is 28.8 Å². The van der Waals surface area contributed by atoms with Crippen molar-refractivity contribution in [3.05, 3.63) is 0 Å². The fourth-order valence-corrected chi connectivity index (χ4v) is 5.55. The monoisotopic (exact) mass is 637 g/mol. The van der Waals surface area contributed by atoms with Crippen LogP contribution in [-0.2, 0) is 28.8 Å². The van der Waals surface area contributed by atoms with Crippen LogP contribution in [0.2, 0.25) is 0 Å². The first-order valence-corrected chi connectivity index (χ1v) is 16.7. The highest BCUT2D eigenvalue weighted by atomic mass is 16.2. The number of rotatable bonds is 21. The predicted octanol–water partition coefficient (Wildman–Crippen LogP) is 1.10. The van der Waals surface area contributed by atoms with Crippen molar-refractivity contribution in [1.82, 2.24) is 31.5 Å². The number of nitrogens with zero attached hydrogens (tertiary/aromatic N) is 1. The molecular weight excluding hydrogens is 578 g/mol. The van der Waals surface area contributed by atoms with E-state index in [-0.39, 0.29) is 37.3 Å². The van der Waals surface area contributed by atoms with Gasteiger partial charge in [-0.25, -0.2) is 0 Å². The summed E-state index contributed by atoms with van der Waals surface area (Å²) in [6.45, 7) is 12.8. The second kappa shape index (κ2) is 21.5. The topological polar surface area (TPSA) is 192 Å². The highest BCUT2D eigenvalue weighted by molar-refractivity contribution is 5.95. The van der Waals surface area contributed by atoms with Crippen molar-refractivity contribution >= 4 is 35.4 Å². The lowest BCUT2D eigenvalue weighted by molar-refractivity contribution is -0.134. The van der Waals surface area contributed by atoms with Crippen LogP contribution >= 0.6 is 0 Å². The van der Waals surface area contributed by atoms with Crippen LogP contribution in [-0.4, -0.2) is 90.7 Å². The van der Waals surface area contributed by atoms with Gasteiger partial charge in [0.1, 0.15) is 18.1 Å². The number of unbranched alkanes of at least 4 members (excludes halogenated alkanes) is 1. The average molecular weight is 638 g/mol. The number of amides is 6. The molecule has 1 saturated carbocycles. The van der Waals surface area contributed by atoms with E-state index >= 15 is 0 Å². The van der Waals surface area contributed by atoms with Crippen molar-refractivity contribution in [1.29, 1.82) is 0 Å². The normalized spacial score (nSPS) is 15.7. The molecule has 1 rings (SSSR count). The molecule has 0 aromatic heterocycles. The summed E-state index contributed by atoms with van der Waals surface area (Å²) in [5.41, 5.74) is 5.22. The standard InChI is InChI=1S/C32H59N7O6/c1-7-39(22(4)5)16-12-11-15-25(31(44)35-19-27(33)40)37-32(45)26(18-24-13-9-8-10-14-24)38-30(43)23(6)36-29(42)20-34-28(41)17-21(2)3/h21-26H,7-20H2,1-6H3,(H2,33,40)(H,34,41)(H,35,44)(H,36,42)(H,37,45)(H,38,43)/t23-,25-,26?/m0/s1. The molecule has 13 heteroatoms. The lowest BCUT2D eigenvalue weighted by Crippen LogP contribution is -2.57. The molecule has 1 aliphatic rings. The summed E-state index contributed by atoms with van der Waals surface area (Å²) in [4.78, 5) is 77.7. The van der Waals surface area contributed by atoms with E-state index in [0.717, 1.165) is 51.6 Å². The molecule has 0 aliphatic heterocycles. The highest BCUT2D eigenvalue weighted by Gasteiger charge is 2.31. The minimum Gasteiger partial charge on any atom is -0.368 e. The van der Waals surface area contributed by atoms with Gasteiger partial charge in [-0.2, -0.15) is 0 Å². The molecule has 7 N–H and O–H groups in total. The Morgan fingerprint density at radius 3 is 1.98 bits per heavy atom. The zero-order chi connectivity index (χ0) is 33.9. The second-order valence-electron chi connectivity index (χ2n) is 12.9. The molecule has 13 nitrogen and oxygen atoms in total. The van der Waals surface area contributed by atoms with Gasteiger partial charge in [-0.3, -0.25) is 28.8 Å². The van der Waals surface area contributed by atoms with Gasteiger partial charge in [0.15, 0.2) is 0 Å². The number of nitrogens with two attached hydrogens (primary N) is 1. The smallest absolute Gasteiger partial charge is 0.243 e. The summed E-state index contributed by atoms with van der Waals surface area (Å²) in [5.74, 6) is -2.64. The third-order valence-corrected chi connectivity index (χ3v) is 8.13. The SMILES string of the molecule is CCN(CCCC[C@H](NC(=O)C(CC1CCCCC1)NC(=O)[C@H](C)NC(=O)CNC(=O)CC(C)C)C(=O)NCC(N)=O)C(C)C. The Balaban J connectivity index is 2.94. The second-order valence-corrected chi connectivity index (χ2v) is 12.9. The van der Waals surface area contributed by atoms with E-state index in [1.807, 2.05) is 13.8 Å². The fraction of sp³-hybridized carbons (Fsp3) is 0.812. The van der Waals surface area contributed by atoms with Crippen LogP contribution < -0.4 is 32.3 Å². The minimum atomic E-state index is -0.960. The van der Waals surface area contributed by atoms with E-state index in [0.29, 0.717) is 25.3 Å². The van der Waals surface area contributed by atoms with Gasteiger partial charge in [0.2, 0.25) is 35.4 Å². The lowest BCUT2D eigenvalue weighted by atomic mass is 9.84. The summed E-state index contributed by atoms with van der Waals surface area (Å²) in [6.07, 6.45) is 7.62. The van der Waals surface area contributed by atoms with Crippen molar-refractivity contribution in [3.8, 4) is 0 Å². The number of primary amides is 1. The molecule has 1 unspecified atom stereocenters. The first kappa shape index (κ1) is 39.8. The zero-order valence-corrected chi connectivity index (χ0v) is 28.3.